The first kappa shape index (κ1) is 18.9. The number of carbonyl (C=O) groups excluding carboxylic acids is 2. The molecule has 3 aromatic rings. The van der Waals surface area contributed by atoms with Crippen molar-refractivity contribution in [1.82, 2.24) is 9.88 Å². The minimum Gasteiger partial charge on any atom is -0.454 e. The SMILES string of the molecule is CC(=O)N(CCC(=O)Nc1ccc2c(c1)OCO2)CCc1c[nH]c2ccccc12. The lowest BCUT2D eigenvalue weighted by Gasteiger charge is -2.20. The van der Waals surface area contributed by atoms with Crippen LogP contribution < -0.4 is 14.8 Å². The number of anilines is 1. The number of hydrogen-bond donors (Lipinski definition) is 2. The summed E-state index contributed by atoms with van der Waals surface area (Å²) in [6, 6.07) is 13.4. The first-order valence-corrected chi connectivity index (χ1v) is 9.60. The number of para-hydroxylation sites is 1. The summed E-state index contributed by atoms with van der Waals surface area (Å²) < 4.78 is 10.6. The molecule has 1 aromatic heterocycles. The first-order chi connectivity index (χ1) is 14.1. The van der Waals surface area contributed by atoms with Crippen LogP contribution in [0.15, 0.2) is 48.7 Å². The molecule has 1 aliphatic rings. The number of fused-ring (bicyclic) bond motifs is 2. The molecule has 2 heterocycles. The summed E-state index contributed by atoms with van der Waals surface area (Å²) in [6.07, 6.45) is 2.94. The molecule has 0 saturated carbocycles. The van der Waals surface area contributed by atoms with Crippen LogP contribution in [0, 0.1) is 0 Å². The third-order valence-corrected chi connectivity index (χ3v) is 5.04. The Morgan fingerprint density at radius 2 is 1.93 bits per heavy atom. The number of ether oxygens (including phenoxy) is 2. The van der Waals surface area contributed by atoms with E-state index >= 15 is 0 Å². The van der Waals surface area contributed by atoms with E-state index < -0.39 is 0 Å². The highest BCUT2D eigenvalue weighted by Gasteiger charge is 2.16. The molecule has 0 atom stereocenters. The fourth-order valence-corrected chi connectivity index (χ4v) is 3.45. The van der Waals surface area contributed by atoms with Crippen LogP contribution in [-0.4, -0.2) is 41.6 Å². The number of rotatable bonds is 7. The lowest BCUT2D eigenvalue weighted by atomic mass is 10.1. The Kier molecular flexibility index (Phi) is 5.37. The van der Waals surface area contributed by atoms with Crippen molar-refractivity contribution in [3.05, 3.63) is 54.2 Å². The van der Waals surface area contributed by atoms with E-state index in [0.717, 1.165) is 22.9 Å². The van der Waals surface area contributed by atoms with Crippen LogP contribution in [0.5, 0.6) is 11.5 Å². The number of H-pyrrole nitrogens is 1. The second-order valence-corrected chi connectivity index (χ2v) is 6.98. The summed E-state index contributed by atoms with van der Waals surface area (Å²) in [6.45, 7) is 2.66. The van der Waals surface area contributed by atoms with Gasteiger partial charge in [-0.2, -0.15) is 0 Å². The summed E-state index contributed by atoms with van der Waals surface area (Å²) in [4.78, 5) is 29.3. The van der Waals surface area contributed by atoms with Gasteiger partial charge in [-0.25, -0.2) is 0 Å². The van der Waals surface area contributed by atoms with Gasteiger partial charge in [0, 0.05) is 55.3 Å². The largest absolute Gasteiger partial charge is 0.454 e. The molecule has 2 N–H and O–H groups in total. The van der Waals surface area contributed by atoms with Crippen LogP contribution in [0.1, 0.15) is 18.9 Å². The molecule has 1 aliphatic heterocycles. The van der Waals surface area contributed by atoms with E-state index in [1.807, 2.05) is 24.4 Å². The number of aromatic amines is 1. The fraction of sp³-hybridized carbons (Fsp3) is 0.273. The Morgan fingerprint density at radius 1 is 1.10 bits per heavy atom. The summed E-state index contributed by atoms with van der Waals surface area (Å²) >= 11 is 0. The number of amides is 2. The van der Waals surface area contributed by atoms with Crippen molar-refractivity contribution in [2.24, 2.45) is 0 Å². The number of hydrogen-bond acceptors (Lipinski definition) is 4. The summed E-state index contributed by atoms with van der Waals surface area (Å²) in [5, 5.41) is 4.01. The summed E-state index contributed by atoms with van der Waals surface area (Å²) in [7, 11) is 0. The Morgan fingerprint density at radius 3 is 2.79 bits per heavy atom. The third-order valence-electron chi connectivity index (χ3n) is 5.04. The van der Waals surface area contributed by atoms with Crippen molar-refractivity contribution in [2.75, 3.05) is 25.2 Å². The average molecular weight is 393 g/mol. The number of aromatic nitrogens is 1. The van der Waals surface area contributed by atoms with E-state index in [9.17, 15) is 9.59 Å². The molecule has 0 spiro atoms. The topological polar surface area (TPSA) is 83.7 Å². The molecule has 0 unspecified atom stereocenters. The van der Waals surface area contributed by atoms with Crippen LogP contribution in [0.3, 0.4) is 0 Å². The molecule has 150 valence electrons. The van der Waals surface area contributed by atoms with Gasteiger partial charge in [0.25, 0.3) is 0 Å². The quantitative estimate of drug-likeness (QED) is 0.645. The molecule has 0 saturated heterocycles. The van der Waals surface area contributed by atoms with Gasteiger partial charge in [0.15, 0.2) is 11.5 Å². The Labute approximate surface area is 168 Å². The minimum atomic E-state index is -0.151. The van der Waals surface area contributed by atoms with Crippen LogP contribution in [0.25, 0.3) is 10.9 Å². The predicted molar refractivity (Wildman–Crippen MR) is 110 cm³/mol. The lowest BCUT2D eigenvalue weighted by molar-refractivity contribution is -0.129. The van der Waals surface area contributed by atoms with Gasteiger partial charge in [-0.15, -0.1) is 0 Å². The molecular weight excluding hydrogens is 370 g/mol. The van der Waals surface area contributed by atoms with Crippen molar-refractivity contribution in [1.29, 1.82) is 0 Å². The van der Waals surface area contributed by atoms with E-state index in [1.54, 1.807) is 23.1 Å². The van der Waals surface area contributed by atoms with E-state index in [1.165, 1.54) is 6.92 Å². The lowest BCUT2D eigenvalue weighted by Crippen LogP contribution is -2.33. The first-order valence-electron chi connectivity index (χ1n) is 9.60. The van der Waals surface area contributed by atoms with E-state index in [0.29, 0.717) is 30.3 Å². The highest BCUT2D eigenvalue weighted by Crippen LogP contribution is 2.34. The second kappa shape index (κ2) is 8.26. The number of nitrogens with zero attached hydrogens (tertiary/aromatic N) is 1. The van der Waals surface area contributed by atoms with Gasteiger partial charge in [0.2, 0.25) is 18.6 Å². The normalized spacial score (nSPS) is 12.2. The standard InChI is InChI=1S/C22H23N3O4/c1-15(26)25(10-8-16-13-23-19-5-3-2-4-18(16)19)11-9-22(27)24-17-6-7-20-21(12-17)29-14-28-20/h2-7,12-13,23H,8-11,14H2,1H3,(H,24,27). The molecule has 7 nitrogen and oxygen atoms in total. The van der Waals surface area contributed by atoms with Gasteiger partial charge in [-0.3, -0.25) is 9.59 Å². The van der Waals surface area contributed by atoms with Gasteiger partial charge in [-0.05, 0) is 30.2 Å². The maximum absolute atomic E-state index is 12.3. The number of nitrogens with one attached hydrogen (secondary N) is 2. The highest BCUT2D eigenvalue weighted by molar-refractivity contribution is 5.91. The predicted octanol–water partition coefficient (Wildman–Crippen LogP) is 3.32. The van der Waals surface area contributed by atoms with Gasteiger partial charge < -0.3 is 24.7 Å². The highest BCUT2D eigenvalue weighted by atomic mass is 16.7. The zero-order valence-corrected chi connectivity index (χ0v) is 16.2. The third kappa shape index (κ3) is 4.34. The smallest absolute Gasteiger partial charge is 0.231 e. The van der Waals surface area contributed by atoms with Crippen LogP contribution >= 0.6 is 0 Å². The fourth-order valence-electron chi connectivity index (χ4n) is 3.45. The van der Waals surface area contributed by atoms with Gasteiger partial charge in [0.1, 0.15) is 0 Å². The molecular formula is C22H23N3O4. The second-order valence-electron chi connectivity index (χ2n) is 6.98. The van der Waals surface area contributed by atoms with Crippen LogP contribution in [0.2, 0.25) is 0 Å². The minimum absolute atomic E-state index is 0.0410. The van der Waals surface area contributed by atoms with Crippen LogP contribution in [0.4, 0.5) is 5.69 Å². The van der Waals surface area contributed by atoms with Crippen molar-refractivity contribution >= 4 is 28.4 Å². The number of carbonyl (C=O) groups is 2. The molecule has 2 amide bonds. The number of benzene rings is 2. The summed E-state index contributed by atoms with van der Waals surface area (Å²) in [5.41, 5.74) is 2.89. The molecule has 4 rings (SSSR count). The average Bonchev–Trinajstić information content (AvgIpc) is 3.34. The maximum atomic E-state index is 12.3. The van der Waals surface area contributed by atoms with Gasteiger partial charge >= 0.3 is 0 Å². The zero-order chi connectivity index (χ0) is 20.2. The van der Waals surface area contributed by atoms with Gasteiger partial charge in [-0.1, -0.05) is 18.2 Å². The molecule has 7 heteroatoms. The van der Waals surface area contributed by atoms with E-state index in [4.69, 9.17) is 9.47 Å². The Hall–Kier alpha value is -3.48. The molecule has 2 aromatic carbocycles. The molecule has 29 heavy (non-hydrogen) atoms. The van der Waals surface area contributed by atoms with Crippen molar-refractivity contribution in [3.8, 4) is 11.5 Å². The Bertz CT molecular complexity index is 1040. The molecule has 0 fully saturated rings. The molecule has 0 radical (unpaired) electrons. The van der Waals surface area contributed by atoms with E-state index in [2.05, 4.69) is 16.4 Å². The molecule has 0 aliphatic carbocycles. The molecule has 0 bridgehead atoms. The Balaban J connectivity index is 1.31. The van der Waals surface area contributed by atoms with Crippen molar-refractivity contribution in [2.45, 2.75) is 19.8 Å². The van der Waals surface area contributed by atoms with Crippen LogP contribution in [-0.2, 0) is 16.0 Å². The zero-order valence-electron chi connectivity index (χ0n) is 16.2. The van der Waals surface area contributed by atoms with Crippen molar-refractivity contribution in [3.63, 3.8) is 0 Å². The van der Waals surface area contributed by atoms with Gasteiger partial charge in [0.05, 0.1) is 0 Å². The van der Waals surface area contributed by atoms with Crippen molar-refractivity contribution < 1.29 is 19.1 Å². The summed E-state index contributed by atoms with van der Waals surface area (Å²) in [5.74, 6) is 1.10. The van der Waals surface area contributed by atoms with E-state index in [-0.39, 0.29) is 25.0 Å². The monoisotopic (exact) mass is 393 g/mol. The maximum Gasteiger partial charge on any atom is 0.231 e.